The van der Waals surface area contributed by atoms with Crippen molar-refractivity contribution in [3.63, 3.8) is 0 Å². The van der Waals surface area contributed by atoms with E-state index in [9.17, 15) is 17.2 Å². The zero-order valence-corrected chi connectivity index (χ0v) is 12.0. The first kappa shape index (κ1) is 15.7. The lowest BCUT2D eigenvalue weighted by atomic mass is 10.2. The highest BCUT2D eigenvalue weighted by molar-refractivity contribution is 7.92. The molecule has 0 saturated heterocycles. The number of hydrogen-bond acceptors (Lipinski definition) is 3. The van der Waals surface area contributed by atoms with Crippen LogP contribution in [0.1, 0.15) is 5.56 Å². The molecule has 0 saturated carbocycles. The number of anilines is 1. The lowest BCUT2D eigenvalue weighted by Gasteiger charge is -2.10. The summed E-state index contributed by atoms with van der Waals surface area (Å²) in [5.41, 5.74) is -0.148. The molecule has 0 heterocycles. The van der Waals surface area contributed by atoms with Crippen molar-refractivity contribution < 1.29 is 22.3 Å². The fraction of sp³-hybridized carbons (Fsp3) is 0.0769. The van der Waals surface area contributed by atoms with Crippen LogP contribution in [0, 0.1) is 11.6 Å². The number of rotatable bonds is 4. The van der Waals surface area contributed by atoms with E-state index in [1.807, 2.05) is 4.72 Å². The summed E-state index contributed by atoms with van der Waals surface area (Å²) in [5, 5.41) is 9.03. The van der Waals surface area contributed by atoms with Gasteiger partial charge in [-0.15, -0.1) is 0 Å². The van der Waals surface area contributed by atoms with Gasteiger partial charge in [-0.05, 0) is 29.8 Å². The standard InChI is InChI=1S/C13H10ClF2NO3S/c14-10-6-9(5-4-8(10)7-18)21(19,20)17-12-3-1-2-11(15)13(12)16/h1-6,17-18H,7H2. The summed E-state index contributed by atoms with van der Waals surface area (Å²) in [4.78, 5) is -0.228. The van der Waals surface area contributed by atoms with E-state index in [1.54, 1.807) is 0 Å². The van der Waals surface area contributed by atoms with Crippen LogP contribution < -0.4 is 4.72 Å². The molecule has 0 fully saturated rings. The lowest BCUT2D eigenvalue weighted by molar-refractivity contribution is 0.282. The van der Waals surface area contributed by atoms with E-state index in [0.717, 1.165) is 18.2 Å². The van der Waals surface area contributed by atoms with Gasteiger partial charge in [-0.25, -0.2) is 17.2 Å². The van der Waals surface area contributed by atoms with Crippen LogP contribution in [0.5, 0.6) is 0 Å². The minimum atomic E-state index is -4.12. The van der Waals surface area contributed by atoms with Gasteiger partial charge in [-0.2, -0.15) is 0 Å². The van der Waals surface area contributed by atoms with Crippen molar-refractivity contribution in [2.24, 2.45) is 0 Å². The first-order valence-electron chi connectivity index (χ1n) is 5.71. The third-order valence-electron chi connectivity index (χ3n) is 2.70. The highest BCUT2D eigenvalue weighted by Gasteiger charge is 2.18. The summed E-state index contributed by atoms with van der Waals surface area (Å²) < 4.78 is 52.7. The maximum absolute atomic E-state index is 13.5. The SMILES string of the molecule is O=S(=O)(Nc1cccc(F)c1F)c1ccc(CO)c(Cl)c1. The van der Waals surface area contributed by atoms with Crippen molar-refractivity contribution in [3.05, 3.63) is 58.6 Å². The maximum Gasteiger partial charge on any atom is 0.262 e. The van der Waals surface area contributed by atoms with Crippen molar-refractivity contribution in [1.29, 1.82) is 0 Å². The second-order valence-corrected chi connectivity index (χ2v) is 6.21. The van der Waals surface area contributed by atoms with Gasteiger partial charge in [-0.1, -0.05) is 23.7 Å². The molecule has 21 heavy (non-hydrogen) atoms. The summed E-state index contributed by atoms with van der Waals surface area (Å²) in [6.07, 6.45) is 0. The average Bonchev–Trinajstić information content (AvgIpc) is 2.43. The number of hydrogen-bond donors (Lipinski definition) is 2. The highest BCUT2D eigenvalue weighted by atomic mass is 35.5. The molecule has 2 aromatic rings. The van der Waals surface area contributed by atoms with Crippen LogP contribution in [0.4, 0.5) is 14.5 Å². The van der Waals surface area contributed by atoms with Gasteiger partial charge in [0.15, 0.2) is 11.6 Å². The zero-order chi connectivity index (χ0) is 15.6. The summed E-state index contributed by atoms with van der Waals surface area (Å²) in [6.45, 7) is -0.342. The van der Waals surface area contributed by atoms with E-state index >= 15 is 0 Å². The van der Waals surface area contributed by atoms with E-state index in [1.165, 1.54) is 18.2 Å². The largest absolute Gasteiger partial charge is 0.392 e. The lowest BCUT2D eigenvalue weighted by Crippen LogP contribution is -2.14. The molecule has 2 N–H and O–H groups in total. The molecule has 0 radical (unpaired) electrons. The van der Waals surface area contributed by atoms with Gasteiger partial charge in [-0.3, -0.25) is 4.72 Å². The molecule has 2 rings (SSSR count). The number of aliphatic hydroxyl groups excluding tert-OH is 1. The molecule has 112 valence electrons. The van der Waals surface area contributed by atoms with Gasteiger partial charge in [0, 0.05) is 5.02 Å². The van der Waals surface area contributed by atoms with E-state index in [0.29, 0.717) is 5.56 Å². The van der Waals surface area contributed by atoms with Gasteiger partial charge < -0.3 is 5.11 Å². The molecule has 0 spiro atoms. The van der Waals surface area contributed by atoms with E-state index in [2.05, 4.69) is 0 Å². The van der Waals surface area contributed by atoms with Gasteiger partial charge >= 0.3 is 0 Å². The van der Waals surface area contributed by atoms with Gasteiger partial charge in [0.05, 0.1) is 17.2 Å². The van der Waals surface area contributed by atoms with Crippen molar-refractivity contribution in [2.75, 3.05) is 4.72 Å². The Labute approximate surface area is 125 Å². The molecular formula is C13H10ClF2NO3S. The number of nitrogens with one attached hydrogen (secondary N) is 1. The topological polar surface area (TPSA) is 66.4 Å². The van der Waals surface area contributed by atoms with Crippen molar-refractivity contribution in [1.82, 2.24) is 0 Å². The van der Waals surface area contributed by atoms with Crippen LogP contribution in [-0.4, -0.2) is 13.5 Å². The maximum atomic E-state index is 13.5. The van der Waals surface area contributed by atoms with E-state index in [4.69, 9.17) is 16.7 Å². The molecular weight excluding hydrogens is 324 g/mol. The summed E-state index contributed by atoms with van der Waals surface area (Å²) in [5.74, 6) is -2.46. The van der Waals surface area contributed by atoms with Gasteiger partial charge in [0.2, 0.25) is 0 Å². The molecule has 0 amide bonds. The Hall–Kier alpha value is -1.70. The van der Waals surface area contributed by atoms with Crippen LogP contribution >= 0.6 is 11.6 Å². The Morgan fingerprint density at radius 1 is 1.19 bits per heavy atom. The Morgan fingerprint density at radius 2 is 1.90 bits per heavy atom. The first-order chi connectivity index (χ1) is 9.85. The third-order valence-corrected chi connectivity index (χ3v) is 4.42. The molecule has 0 aliphatic rings. The Balaban J connectivity index is 2.39. The van der Waals surface area contributed by atoms with Crippen molar-refractivity contribution in [2.45, 2.75) is 11.5 Å². The minimum absolute atomic E-state index is 0.0556. The molecule has 0 atom stereocenters. The normalized spacial score (nSPS) is 11.4. The second-order valence-electron chi connectivity index (χ2n) is 4.12. The molecule has 0 aliphatic heterocycles. The van der Waals surface area contributed by atoms with Crippen molar-refractivity contribution >= 4 is 27.3 Å². The average molecular weight is 334 g/mol. The van der Waals surface area contributed by atoms with Gasteiger partial charge in [0.1, 0.15) is 0 Å². The predicted octanol–water partition coefficient (Wildman–Crippen LogP) is 2.91. The number of benzene rings is 2. The number of halogens is 3. The van der Waals surface area contributed by atoms with Crippen LogP contribution in [0.3, 0.4) is 0 Å². The number of sulfonamides is 1. The Bertz CT molecular complexity index is 781. The molecule has 4 nitrogen and oxygen atoms in total. The molecule has 0 aliphatic carbocycles. The monoisotopic (exact) mass is 333 g/mol. The first-order valence-corrected chi connectivity index (χ1v) is 7.57. The van der Waals surface area contributed by atoms with Crippen LogP contribution in [0.15, 0.2) is 41.3 Å². The third kappa shape index (κ3) is 3.31. The predicted molar refractivity (Wildman–Crippen MR) is 74.5 cm³/mol. The molecule has 0 bridgehead atoms. The Kier molecular flexibility index (Phi) is 4.46. The van der Waals surface area contributed by atoms with E-state index in [-0.39, 0.29) is 16.5 Å². The minimum Gasteiger partial charge on any atom is -0.392 e. The second kappa shape index (κ2) is 5.97. The van der Waals surface area contributed by atoms with Crippen LogP contribution in [-0.2, 0) is 16.6 Å². The summed E-state index contributed by atoms with van der Waals surface area (Å²) >= 11 is 5.81. The molecule has 8 heteroatoms. The number of aliphatic hydroxyl groups is 1. The summed E-state index contributed by atoms with van der Waals surface area (Å²) in [7, 11) is -4.12. The molecule has 0 aromatic heterocycles. The summed E-state index contributed by atoms with van der Waals surface area (Å²) in [6, 6.07) is 6.81. The fourth-order valence-electron chi connectivity index (χ4n) is 1.61. The zero-order valence-electron chi connectivity index (χ0n) is 10.5. The van der Waals surface area contributed by atoms with E-state index < -0.39 is 27.3 Å². The fourth-order valence-corrected chi connectivity index (χ4v) is 3.00. The molecule has 2 aromatic carbocycles. The van der Waals surface area contributed by atoms with Gasteiger partial charge in [0.25, 0.3) is 10.0 Å². The Morgan fingerprint density at radius 3 is 2.52 bits per heavy atom. The highest BCUT2D eigenvalue weighted by Crippen LogP contribution is 2.24. The quantitative estimate of drug-likeness (QED) is 0.904. The van der Waals surface area contributed by atoms with Crippen molar-refractivity contribution in [3.8, 4) is 0 Å². The smallest absolute Gasteiger partial charge is 0.262 e. The van der Waals surface area contributed by atoms with Crippen LogP contribution in [0.2, 0.25) is 5.02 Å². The van der Waals surface area contributed by atoms with Crippen LogP contribution in [0.25, 0.3) is 0 Å². The molecule has 0 unspecified atom stereocenters.